The van der Waals surface area contributed by atoms with Crippen molar-refractivity contribution in [3.8, 4) is 17.4 Å². The van der Waals surface area contributed by atoms with Crippen molar-refractivity contribution in [2.45, 2.75) is 4.90 Å². The Labute approximate surface area is 132 Å². The molecule has 0 saturated heterocycles. The molecule has 2 aromatic rings. The van der Waals surface area contributed by atoms with Crippen molar-refractivity contribution in [2.24, 2.45) is 0 Å². The number of furan rings is 1. The summed E-state index contributed by atoms with van der Waals surface area (Å²) in [6.45, 7) is 0. The van der Waals surface area contributed by atoms with Crippen molar-refractivity contribution in [3.63, 3.8) is 0 Å². The molecule has 0 bridgehead atoms. The Morgan fingerprint density at radius 3 is 2.43 bits per heavy atom. The zero-order valence-corrected chi connectivity index (χ0v) is 12.7. The highest BCUT2D eigenvalue weighted by Crippen LogP contribution is 2.24. The Balaban J connectivity index is 2.31. The zero-order chi connectivity index (χ0) is 17.0. The molecule has 0 radical (unpaired) electrons. The average molecular weight is 333 g/mol. The lowest BCUT2D eigenvalue weighted by molar-refractivity contribution is -0.135. The largest absolute Gasteiger partial charge is 0.465 e. The van der Waals surface area contributed by atoms with Gasteiger partial charge in [0.05, 0.1) is 12.0 Å². The zero-order valence-electron chi connectivity index (χ0n) is 11.9. The number of nitriles is 1. The van der Waals surface area contributed by atoms with Gasteiger partial charge >= 0.3 is 5.97 Å². The lowest BCUT2D eigenvalue weighted by atomic mass is 10.2. The smallest absolute Gasteiger partial charge is 0.348 e. The van der Waals surface area contributed by atoms with E-state index in [2.05, 4.69) is 4.74 Å². The molecule has 1 heterocycles. The summed E-state index contributed by atoms with van der Waals surface area (Å²) in [5.74, 6) is -0.107. The molecule has 7 nitrogen and oxygen atoms in total. The van der Waals surface area contributed by atoms with Crippen LogP contribution >= 0.6 is 0 Å². The van der Waals surface area contributed by atoms with Crippen LogP contribution in [0.2, 0.25) is 0 Å². The molecule has 0 atom stereocenters. The highest BCUT2D eigenvalue weighted by molar-refractivity contribution is 7.85. The fourth-order valence-electron chi connectivity index (χ4n) is 1.77. The van der Waals surface area contributed by atoms with Crippen molar-refractivity contribution < 1.29 is 26.9 Å². The lowest BCUT2D eigenvalue weighted by Gasteiger charge is -1.99. The first-order valence-electron chi connectivity index (χ1n) is 6.23. The van der Waals surface area contributed by atoms with E-state index in [1.165, 1.54) is 30.3 Å². The number of hydrogen-bond donors (Lipinski definition) is 1. The molecule has 0 fully saturated rings. The SMILES string of the molecule is COC(=O)/C(C#N)=C/c1ccc(-c2ccc(S(=O)(=O)O)cc2)o1. The van der Waals surface area contributed by atoms with Crippen molar-refractivity contribution in [1.29, 1.82) is 5.26 Å². The number of methoxy groups -OCH3 is 1. The summed E-state index contributed by atoms with van der Waals surface area (Å²) in [7, 11) is -3.09. The predicted molar refractivity (Wildman–Crippen MR) is 79.6 cm³/mol. The van der Waals surface area contributed by atoms with Gasteiger partial charge in [-0.3, -0.25) is 4.55 Å². The fourth-order valence-corrected chi connectivity index (χ4v) is 2.25. The van der Waals surface area contributed by atoms with E-state index in [0.29, 0.717) is 11.3 Å². The summed E-state index contributed by atoms with van der Waals surface area (Å²) < 4.78 is 40.8. The van der Waals surface area contributed by atoms with Crippen molar-refractivity contribution in [1.82, 2.24) is 0 Å². The molecular weight excluding hydrogens is 322 g/mol. The Bertz CT molecular complexity index is 900. The Morgan fingerprint density at radius 1 is 1.26 bits per heavy atom. The second-order valence-corrected chi connectivity index (χ2v) is 5.78. The molecule has 0 aliphatic carbocycles. The van der Waals surface area contributed by atoms with E-state index >= 15 is 0 Å². The molecule has 0 amide bonds. The number of ether oxygens (including phenoxy) is 1. The van der Waals surface area contributed by atoms with Gasteiger partial charge in [-0.1, -0.05) is 0 Å². The van der Waals surface area contributed by atoms with Crippen LogP contribution in [0.3, 0.4) is 0 Å². The van der Waals surface area contributed by atoms with Gasteiger partial charge in [0.2, 0.25) is 0 Å². The van der Waals surface area contributed by atoms with E-state index in [4.69, 9.17) is 14.2 Å². The third-order valence-corrected chi connectivity index (χ3v) is 3.74. The van der Waals surface area contributed by atoms with Gasteiger partial charge in [0.25, 0.3) is 10.1 Å². The summed E-state index contributed by atoms with van der Waals surface area (Å²) in [4.78, 5) is 11.1. The van der Waals surface area contributed by atoms with Crippen LogP contribution in [0.1, 0.15) is 5.76 Å². The number of carbonyl (C=O) groups is 1. The van der Waals surface area contributed by atoms with Crippen molar-refractivity contribution in [2.75, 3.05) is 7.11 Å². The topological polar surface area (TPSA) is 118 Å². The molecule has 2 rings (SSSR count). The molecule has 0 unspecified atom stereocenters. The van der Waals surface area contributed by atoms with Crippen LogP contribution < -0.4 is 0 Å². The van der Waals surface area contributed by atoms with Crippen LogP contribution in [0.15, 0.2) is 51.3 Å². The van der Waals surface area contributed by atoms with Gasteiger partial charge in [0, 0.05) is 11.6 Å². The van der Waals surface area contributed by atoms with Crippen LogP contribution in [0, 0.1) is 11.3 Å². The van der Waals surface area contributed by atoms with Crippen molar-refractivity contribution in [3.05, 3.63) is 47.7 Å². The minimum Gasteiger partial charge on any atom is -0.465 e. The first-order valence-corrected chi connectivity index (χ1v) is 7.67. The van der Waals surface area contributed by atoms with Crippen LogP contribution in [-0.2, 0) is 19.6 Å². The second kappa shape index (κ2) is 6.48. The summed E-state index contributed by atoms with van der Waals surface area (Å²) in [6.07, 6.45) is 1.24. The van der Waals surface area contributed by atoms with E-state index in [1.807, 2.05) is 0 Å². The number of nitrogens with zero attached hydrogens (tertiary/aromatic N) is 1. The third-order valence-electron chi connectivity index (χ3n) is 2.88. The normalized spacial score (nSPS) is 11.8. The highest BCUT2D eigenvalue weighted by Gasteiger charge is 2.12. The Hall–Kier alpha value is -2.89. The van der Waals surface area contributed by atoms with Gasteiger partial charge in [-0.2, -0.15) is 13.7 Å². The standard InChI is InChI=1S/C15H11NO6S/c1-21-15(17)11(9-16)8-12-4-7-14(22-12)10-2-5-13(6-3-10)23(18,19)20/h2-8H,1H3,(H,18,19,20)/b11-8+. The van der Waals surface area contributed by atoms with Crippen LogP contribution in [-0.4, -0.2) is 26.0 Å². The first-order chi connectivity index (χ1) is 10.8. The molecule has 0 aliphatic heterocycles. The number of esters is 1. The molecule has 1 aromatic carbocycles. The Morgan fingerprint density at radius 2 is 1.91 bits per heavy atom. The summed E-state index contributed by atoms with van der Waals surface area (Å²) >= 11 is 0. The van der Waals surface area contributed by atoms with Gasteiger partial charge in [0.1, 0.15) is 23.2 Å². The quantitative estimate of drug-likeness (QED) is 0.394. The molecular formula is C15H11NO6S. The van der Waals surface area contributed by atoms with Crippen molar-refractivity contribution >= 4 is 22.2 Å². The van der Waals surface area contributed by atoms with E-state index in [1.54, 1.807) is 18.2 Å². The summed E-state index contributed by atoms with van der Waals surface area (Å²) in [5, 5.41) is 8.88. The minimum atomic E-state index is -4.26. The Kier molecular flexibility index (Phi) is 4.64. The molecule has 1 aromatic heterocycles. The van der Waals surface area contributed by atoms with Gasteiger partial charge < -0.3 is 9.15 Å². The molecule has 118 valence electrons. The molecule has 0 spiro atoms. The van der Waals surface area contributed by atoms with E-state index in [9.17, 15) is 13.2 Å². The summed E-state index contributed by atoms with van der Waals surface area (Å²) in [6, 6.07) is 10.2. The molecule has 8 heteroatoms. The summed E-state index contributed by atoms with van der Waals surface area (Å²) in [5.41, 5.74) is 0.351. The number of rotatable bonds is 4. The van der Waals surface area contributed by atoms with E-state index in [0.717, 1.165) is 7.11 Å². The van der Waals surface area contributed by atoms with E-state index < -0.39 is 16.1 Å². The van der Waals surface area contributed by atoms with Crippen LogP contribution in [0.4, 0.5) is 0 Å². The number of carbonyl (C=O) groups excluding carboxylic acids is 1. The molecule has 0 aliphatic rings. The molecule has 0 saturated carbocycles. The number of benzene rings is 1. The maximum absolute atomic E-state index is 11.3. The number of hydrogen-bond acceptors (Lipinski definition) is 6. The second-order valence-electron chi connectivity index (χ2n) is 4.36. The monoisotopic (exact) mass is 333 g/mol. The molecule has 1 N–H and O–H groups in total. The van der Waals surface area contributed by atoms with Crippen LogP contribution in [0.5, 0.6) is 0 Å². The van der Waals surface area contributed by atoms with Gasteiger partial charge in [-0.25, -0.2) is 4.79 Å². The average Bonchev–Trinajstić information content (AvgIpc) is 2.99. The fraction of sp³-hybridized carbons (Fsp3) is 0.0667. The minimum absolute atomic E-state index is 0.213. The van der Waals surface area contributed by atoms with Gasteiger partial charge in [-0.05, 0) is 36.4 Å². The van der Waals surface area contributed by atoms with E-state index in [-0.39, 0.29) is 16.2 Å². The maximum Gasteiger partial charge on any atom is 0.348 e. The highest BCUT2D eigenvalue weighted by atomic mass is 32.2. The lowest BCUT2D eigenvalue weighted by Crippen LogP contribution is -2.02. The van der Waals surface area contributed by atoms with Gasteiger partial charge in [0.15, 0.2) is 0 Å². The molecule has 23 heavy (non-hydrogen) atoms. The van der Waals surface area contributed by atoms with Crippen LogP contribution in [0.25, 0.3) is 17.4 Å². The first kappa shape index (κ1) is 16.5. The third kappa shape index (κ3) is 3.85. The predicted octanol–water partition coefficient (Wildman–Crippen LogP) is 2.27. The maximum atomic E-state index is 11.3. The van der Waals surface area contributed by atoms with Gasteiger partial charge in [-0.15, -0.1) is 0 Å².